The van der Waals surface area contributed by atoms with Gasteiger partial charge in [-0.25, -0.2) is 0 Å². The molecule has 0 aliphatic rings. The van der Waals surface area contributed by atoms with Crippen LogP contribution in [0.1, 0.15) is 15.9 Å². The van der Waals surface area contributed by atoms with Crippen LogP contribution in [0.25, 0.3) is 0 Å². The normalized spacial score (nSPS) is 10.1. The Hall–Kier alpha value is -0.540. The number of Topliss-reactive ketones (excluding diaryl/α,β-unsaturated/α-hetero) is 1. The van der Waals surface area contributed by atoms with Gasteiger partial charge < -0.3 is 5.73 Å². The first-order valence-corrected chi connectivity index (χ1v) is 5.21. The fraction of sp³-hybridized carbons (Fsp3) is 0.222. The lowest BCUT2D eigenvalue weighted by atomic mass is 10.1. The summed E-state index contributed by atoms with van der Waals surface area (Å²) in [5.41, 5.74) is 7.46. The van der Waals surface area contributed by atoms with Crippen LogP contribution in [0.15, 0.2) is 12.1 Å². The van der Waals surface area contributed by atoms with Crippen LogP contribution in [0.2, 0.25) is 5.02 Å². The summed E-state index contributed by atoms with van der Waals surface area (Å²) < 4.78 is 0. The number of rotatable bonds is 2. The molecule has 1 aromatic carbocycles. The molecule has 0 aromatic heterocycles. The van der Waals surface area contributed by atoms with Crippen LogP contribution in [0.3, 0.4) is 0 Å². The molecule has 0 aliphatic carbocycles. The van der Waals surface area contributed by atoms with Gasteiger partial charge in [0, 0.05) is 11.3 Å². The molecule has 0 fully saturated rings. The second-order valence-corrected chi connectivity index (χ2v) is 3.69. The number of carbonyl (C=O) groups is 1. The standard InChI is InChI=1S/C9H9BrClNO/c1-5-2-6(12)3-7(9(5)11)8(13)4-10/h2-3H,4,12H2,1H3. The molecule has 70 valence electrons. The number of carbonyl (C=O) groups excluding carboxylic acids is 1. The molecule has 0 bridgehead atoms. The van der Waals surface area contributed by atoms with Crippen LogP contribution >= 0.6 is 27.5 Å². The van der Waals surface area contributed by atoms with Crippen molar-refractivity contribution in [3.8, 4) is 0 Å². The summed E-state index contributed by atoms with van der Waals surface area (Å²) in [6.45, 7) is 1.82. The Balaban J connectivity index is 3.28. The van der Waals surface area contributed by atoms with E-state index in [1.807, 2.05) is 6.92 Å². The van der Waals surface area contributed by atoms with Gasteiger partial charge in [-0.2, -0.15) is 0 Å². The van der Waals surface area contributed by atoms with Gasteiger partial charge in [-0.1, -0.05) is 27.5 Å². The highest BCUT2D eigenvalue weighted by molar-refractivity contribution is 9.09. The van der Waals surface area contributed by atoms with Crippen molar-refractivity contribution in [2.24, 2.45) is 0 Å². The molecule has 0 amide bonds. The molecule has 0 saturated heterocycles. The Morgan fingerprint density at radius 3 is 2.77 bits per heavy atom. The van der Waals surface area contributed by atoms with Gasteiger partial charge in [0.05, 0.1) is 10.4 Å². The van der Waals surface area contributed by atoms with Crippen molar-refractivity contribution in [1.82, 2.24) is 0 Å². The summed E-state index contributed by atoms with van der Waals surface area (Å²) in [7, 11) is 0. The predicted octanol–water partition coefficient (Wildman–Crippen LogP) is 2.81. The minimum atomic E-state index is -0.0552. The zero-order chi connectivity index (χ0) is 10.0. The molecule has 0 saturated carbocycles. The van der Waals surface area contributed by atoms with Crippen molar-refractivity contribution in [1.29, 1.82) is 0 Å². The van der Waals surface area contributed by atoms with Crippen LogP contribution in [0.5, 0.6) is 0 Å². The number of benzene rings is 1. The fourth-order valence-electron chi connectivity index (χ4n) is 1.07. The highest BCUT2D eigenvalue weighted by Crippen LogP contribution is 2.24. The average Bonchev–Trinajstić information content (AvgIpc) is 2.10. The first-order chi connectivity index (χ1) is 6.06. The Morgan fingerprint density at radius 2 is 2.23 bits per heavy atom. The molecule has 0 heterocycles. The highest BCUT2D eigenvalue weighted by atomic mass is 79.9. The van der Waals surface area contributed by atoms with Gasteiger partial charge in [-0.05, 0) is 24.6 Å². The first kappa shape index (κ1) is 10.5. The fourth-order valence-corrected chi connectivity index (χ4v) is 1.59. The Labute approximate surface area is 90.2 Å². The van der Waals surface area contributed by atoms with Gasteiger partial charge >= 0.3 is 0 Å². The van der Waals surface area contributed by atoms with Crippen molar-refractivity contribution in [2.75, 3.05) is 11.1 Å². The minimum Gasteiger partial charge on any atom is -0.399 e. The van der Waals surface area contributed by atoms with E-state index >= 15 is 0 Å². The average molecular weight is 263 g/mol. The lowest BCUT2D eigenvalue weighted by Crippen LogP contribution is -2.03. The van der Waals surface area contributed by atoms with E-state index in [0.29, 0.717) is 16.3 Å². The van der Waals surface area contributed by atoms with Gasteiger partial charge in [0.1, 0.15) is 0 Å². The molecule has 0 radical (unpaired) electrons. The third-order valence-corrected chi connectivity index (χ3v) is 2.71. The number of anilines is 1. The Kier molecular flexibility index (Phi) is 3.33. The molecule has 1 aromatic rings. The van der Waals surface area contributed by atoms with E-state index in [9.17, 15) is 4.79 Å². The number of hydrogen-bond donors (Lipinski definition) is 1. The number of alkyl halides is 1. The lowest BCUT2D eigenvalue weighted by molar-refractivity contribution is 0.102. The van der Waals surface area contributed by atoms with E-state index in [1.54, 1.807) is 12.1 Å². The summed E-state index contributed by atoms with van der Waals surface area (Å²) >= 11 is 9.03. The van der Waals surface area contributed by atoms with Gasteiger partial charge in [0.25, 0.3) is 0 Å². The van der Waals surface area contributed by atoms with E-state index in [1.165, 1.54) is 0 Å². The molecule has 2 N–H and O–H groups in total. The summed E-state index contributed by atoms with van der Waals surface area (Å²) in [6.07, 6.45) is 0. The number of nitrogens with two attached hydrogens (primary N) is 1. The van der Waals surface area contributed by atoms with Crippen molar-refractivity contribution in [3.05, 3.63) is 28.3 Å². The molecule has 0 unspecified atom stereocenters. The smallest absolute Gasteiger partial charge is 0.174 e. The van der Waals surface area contributed by atoms with E-state index < -0.39 is 0 Å². The third-order valence-electron chi connectivity index (χ3n) is 1.70. The Bertz CT molecular complexity index is 352. The second kappa shape index (κ2) is 4.11. The van der Waals surface area contributed by atoms with Crippen molar-refractivity contribution < 1.29 is 4.79 Å². The molecule has 2 nitrogen and oxygen atoms in total. The van der Waals surface area contributed by atoms with Crippen molar-refractivity contribution in [2.45, 2.75) is 6.92 Å². The maximum absolute atomic E-state index is 11.4. The largest absolute Gasteiger partial charge is 0.399 e. The predicted molar refractivity (Wildman–Crippen MR) is 58.7 cm³/mol. The summed E-state index contributed by atoms with van der Waals surface area (Å²) in [5, 5.41) is 0.744. The number of aryl methyl sites for hydroxylation is 1. The van der Waals surface area contributed by atoms with Crippen LogP contribution in [-0.4, -0.2) is 11.1 Å². The minimum absolute atomic E-state index is 0.0552. The second-order valence-electron chi connectivity index (χ2n) is 2.76. The maximum Gasteiger partial charge on any atom is 0.174 e. The monoisotopic (exact) mass is 261 g/mol. The molecular weight excluding hydrogens is 253 g/mol. The zero-order valence-electron chi connectivity index (χ0n) is 7.10. The van der Waals surface area contributed by atoms with Crippen LogP contribution in [-0.2, 0) is 0 Å². The summed E-state index contributed by atoms with van der Waals surface area (Å²) in [5.74, 6) is -0.0552. The number of nitrogen functional groups attached to an aromatic ring is 1. The zero-order valence-corrected chi connectivity index (χ0v) is 9.45. The topological polar surface area (TPSA) is 43.1 Å². The Morgan fingerprint density at radius 1 is 1.62 bits per heavy atom. The van der Waals surface area contributed by atoms with Gasteiger partial charge in [0.2, 0.25) is 0 Å². The molecule has 4 heteroatoms. The van der Waals surface area contributed by atoms with E-state index in [2.05, 4.69) is 15.9 Å². The van der Waals surface area contributed by atoms with Gasteiger partial charge in [-0.15, -0.1) is 0 Å². The highest BCUT2D eigenvalue weighted by Gasteiger charge is 2.11. The summed E-state index contributed by atoms with van der Waals surface area (Å²) in [4.78, 5) is 11.4. The third kappa shape index (κ3) is 2.23. The number of ketones is 1. The molecule has 0 aliphatic heterocycles. The molecular formula is C9H9BrClNO. The summed E-state index contributed by atoms with van der Waals surface area (Å²) in [6, 6.07) is 3.34. The lowest BCUT2D eigenvalue weighted by Gasteiger charge is -2.05. The molecule has 13 heavy (non-hydrogen) atoms. The van der Waals surface area contributed by atoms with E-state index in [0.717, 1.165) is 5.56 Å². The SMILES string of the molecule is Cc1cc(N)cc(C(=O)CBr)c1Cl. The van der Waals surface area contributed by atoms with Gasteiger partial charge in [-0.3, -0.25) is 4.79 Å². The van der Waals surface area contributed by atoms with Crippen LogP contribution in [0.4, 0.5) is 5.69 Å². The van der Waals surface area contributed by atoms with E-state index in [4.69, 9.17) is 17.3 Å². The molecule has 1 rings (SSSR count). The molecule has 0 atom stereocenters. The molecule has 0 spiro atoms. The first-order valence-electron chi connectivity index (χ1n) is 3.71. The quantitative estimate of drug-likeness (QED) is 0.506. The number of hydrogen-bond acceptors (Lipinski definition) is 2. The van der Waals surface area contributed by atoms with Crippen molar-refractivity contribution in [3.63, 3.8) is 0 Å². The van der Waals surface area contributed by atoms with Gasteiger partial charge in [0.15, 0.2) is 5.78 Å². The maximum atomic E-state index is 11.4. The van der Waals surface area contributed by atoms with Crippen LogP contribution < -0.4 is 5.73 Å². The van der Waals surface area contributed by atoms with E-state index in [-0.39, 0.29) is 11.1 Å². The van der Waals surface area contributed by atoms with Crippen LogP contribution in [0, 0.1) is 6.92 Å². The van der Waals surface area contributed by atoms with Crippen molar-refractivity contribution >= 4 is 39.0 Å². The number of halogens is 2.